The molecule has 0 radical (unpaired) electrons. The van der Waals surface area contributed by atoms with Gasteiger partial charge in [-0.3, -0.25) is 9.59 Å². The Kier molecular flexibility index (Phi) is 6.66. The molecule has 0 aliphatic carbocycles. The van der Waals surface area contributed by atoms with Crippen LogP contribution in [0.4, 0.5) is 0 Å². The molecule has 0 bridgehead atoms. The molecule has 0 aliphatic rings. The number of hydrogen-bond acceptors (Lipinski definition) is 3. The van der Waals surface area contributed by atoms with Crippen LogP contribution < -0.4 is 10.7 Å². The topological polar surface area (TPSA) is 86.3 Å². The summed E-state index contributed by atoms with van der Waals surface area (Å²) in [5, 5.41) is 8.07. The summed E-state index contributed by atoms with van der Waals surface area (Å²) in [6.45, 7) is 1.94. The molecule has 0 atom stereocenters. The summed E-state index contributed by atoms with van der Waals surface area (Å²) in [7, 11) is 0. The fourth-order valence-corrected chi connectivity index (χ4v) is 3.61. The Hall–Kier alpha value is -4.16. The Morgan fingerprint density at radius 3 is 2.42 bits per heavy atom. The number of rotatable bonds is 6. The molecule has 33 heavy (non-hydrogen) atoms. The fraction of sp³-hybridized carbons (Fsp3) is 0.0385. The lowest BCUT2D eigenvalue weighted by atomic mass is 10.1. The zero-order valence-electron chi connectivity index (χ0n) is 17.8. The van der Waals surface area contributed by atoms with Crippen LogP contribution in [0, 0.1) is 6.92 Å². The molecule has 1 aromatic heterocycles. The van der Waals surface area contributed by atoms with Crippen molar-refractivity contribution in [2.24, 2.45) is 5.10 Å². The van der Waals surface area contributed by atoms with E-state index in [1.807, 2.05) is 61.5 Å². The number of hydrogen-bond donors (Lipinski definition) is 3. The first-order valence-electron chi connectivity index (χ1n) is 10.3. The van der Waals surface area contributed by atoms with Gasteiger partial charge in [-0.05, 0) is 36.8 Å². The standard InChI is InChI=1S/C26H21ClN4O2/c1-17-21(19-11-6-8-14-23(19)29-17)16-28-31-26(33)24(15-18-9-3-2-4-10-18)30-25(32)20-12-5-7-13-22(20)27/h2-16,29H,1H3,(H,30,32)(H,31,33)/b24-15-,28-16-. The molecule has 0 spiro atoms. The Morgan fingerprint density at radius 2 is 1.64 bits per heavy atom. The van der Waals surface area contributed by atoms with Gasteiger partial charge >= 0.3 is 0 Å². The van der Waals surface area contributed by atoms with Crippen molar-refractivity contribution in [3.05, 3.63) is 112 Å². The van der Waals surface area contributed by atoms with Crippen molar-refractivity contribution in [2.75, 3.05) is 0 Å². The van der Waals surface area contributed by atoms with Gasteiger partial charge in [0.1, 0.15) is 5.70 Å². The summed E-state index contributed by atoms with van der Waals surface area (Å²) in [4.78, 5) is 29.0. The molecule has 2 amide bonds. The summed E-state index contributed by atoms with van der Waals surface area (Å²) in [6, 6.07) is 23.7. The third kappa shape index (κ3) is 5.19. The van der Waals surface area contributed by atoms with Crippen molar-refractivity contribution in [1.82, 2.24) is 15.7 Å². The predicted octanol–water partition coefficient (Wildman–Crippen LogP) is 5.05. The SMILES string of the molecule is Cc1[nH]c2ccccc2c1/C=N\NC(=O)/C(=C/c1ccccc1)NC(=O)c1ccccc1Cl. The quantitative estimate of drug-likeness (QED) is 0.215. The molecule has 1 heterocycles. The number of aryl methyl sites for hydroxylation is 1. The van der Waals surface area contributed by atoms with Crippen LogP contribution in [-0.4, -0.2) is 23.0 Å². The molecular formula is C26H21ClN4O2. The maximum absolute atomic E-state index is 12.9. The molecule has 4 rings (SSSR count). The Balaban J connectivity index is 1.57. The Morgan fingerprint density at radius 1 is 0.939 bits per heavy atom. The third-order valence-corrected chi connectivity index (χ3v) is 5.35. The second kappa shape index (κ2) is 9.97. The number of halogens is 1. The van der Waals surface area contributed by atoms with Crippen molar-refractivity contribution in [2.45, 2.75) is 6.92 Å². The zero-order valence-corrected chi connectivity index (χ0v) is 18.6. The molecule has 0 aliphatic heterocycles. The van der Waals surface area contributed by atoms with Gasteiger partial charge in [-0.2, -0.15) is 5.10 Å². The summed E-state index contributed by atoms with van der Waals surface area (Å²) in [5.41, 5.74) is 6.35. The monoisotopic (exact) mass is 456 g/mol. The second-order valence-electron chi connectivity index (χ2n) is 7.31. The van der Waals surface area contributed by atoms with Crippen LogP contribution in [0.3, 0.4) is 0 Å². The minimum Gasteiger partial charge on any atom is -0.358 e. The number of aromatic amines is 1. The molecule has 6 nitrogen and oxygen atoms in total. The highest BCUT2D eigenvalue weighted by Crippen LogP contribution is 2.20. The molecule has 164 valence electrons. The van der Waals surface area contributed by atoms with Gasteiger partial charge < -0.3 is 10.3 Å². The van der Waals surface area contributed by atoms with E-state index in [0.29, 0.717) is 5.02 Å². The molecule has 0 unspecified atom stereocenters. The summed E-state index contributed by atoms with van der Waals surface area (Å²) < 4.78 is 0. The summed E-state index contributed by atoms with van der Waals surface area (Å²) >= 11 is 6.14. The largest absolute Gasteiger partial charge is 0.358 e. The van der Waals surface area contributed by atoms with Crippen LogP contribution in [0.1, 0.15) is 27.2 Å². The van der Waals surface area contributed by atoms with Crippen LogP contribution >= 0.6 is 11.6 Å². The van der Waals surface area contributed by atoms with Crippen LogP contribution in [0.5, 0.6) is 0 Å². The average molecular weight is 457 g/mol. The number of carbonyl (C=O) groups is 2. The normalized spacial score (nSPS) is 11.6. The van der Waals surface area contributed by atoms with Crippen LogP contribution in [0.25, 0.3) is 17.0 Å². The lowest BCUT2D eigenvalue weighted by Gasteiger charge is -2.10. The van der Waals surface area contributed by atoms with Gasteiger partial charge in [0.15, 0.2) is 0 Å². The highest BCUT2D eigenvalue weighted by Gasteiger charge is 2.16. The smallest absolute Gasteiger partial charge is 0.287 e. The lowest BCUT2D eigenvalue weighted by Crippen LogP contribution is -2.33. The van der Waals surface area contributed by atoms with Crippen molar-refractivity contribution >= 4 is 46.6 Å². The van der Waals surface area contributed by atoms with Gasteiger partial charge in [-0.15, -0.1) is 0 Å². The fourth-order valence-electron chi connectivity index (χ4n) is 3.39. The number of amides is 2. The molecule has 0 saturated carbocycles. The number of fused-ring (bicyclic) bond motifs is 1. The van der Waals surface area contributed by atoms with E-state index < -0.39 is 11.8 Å². The first-order valence-corrected chi connectivity index (χ1v) is 10.6. The number of para-hydroxylation sites is 1. The van der Waals surface area contributed by atoms with Gasteiger partial charge in [0.25, 0.3) is 11.8 Å². The number of nitrogens with one attached hydrogen (secondary N) is 3. The molecule has 7 heteroatoms. The van der Waals surface area contributed by atoms with Crippen LogP contribution in [-0.2, 0) is 4.79 Å². The number of benzene rings is 3. The van der Waals surface area contributed by atoms with Crippen molar-refractivity contribution in [3.63, 3.8) is 0 Å². The molecular weight excluding hydrogens is 436 g/mol. The first kappa shape index (κ1) is 22.0. The first-order chi connectivity index (χ1) is 16.0. The molecule has 0 fully saturated rings. The second-order valence-corrected chi connectivity index (χ2v) is 7.72. The van der Waals surface area contributed by atoms with Crippen molar-refractivity contribution in [1.29, 1.82) is 0 Å². The molecule has 3 N–H and O–H groups in total. The van der Waals surface area contributed by atoms with Gasteiger partial charge in [0.2, 0.25) is 0 Å². The maximum atomic E-state index is 12.9. The van der Waals surface area contributed by atoms with Gasteiger partial charge in [-0.1, -0.05) is 72.3 Å². The van der Waals surface area contributed by atoms with E-state index in [0.717, 1.165) is 27.7 Å². The summed E-state index contributed by atoms with van der Waals surface area (Å²) in [6.07, 6.45) is 3.17. The average Bonchev–Trinajstić information content (AvgIpc) is 3.14. The Labute approximate surface area is 196 Å². The van der Waals surface area contributed by atoms with Gasteiger partial charge in [0.05, 0.1) is 16.8 Å². The number of H-pyrrole nitrogens is 1. The van der Waals surface area contributed by atoms with Crippen molar-refractivity contribution in [3.8, 4) is 0 Å². The molecule has 0 saturated heterocycles. The Bertz CT molecular complexity index is 1370. The maximum Gasteiger partial charge on any atom is 0.287 e. The third-order valence-electron chi connectivity index (χ3n) is 5.03. The minimum absolute atomic E-state index is 0.0407. The zero-order chi connectivity index (χ0) is 23.2. The highest BCUT2D eigenvalue weighted by molar-refractivity contribution is 6.34. The number of hydrazone groups is 1. The number of nitrogens with zero attached hydrogens (tertiary/aromatic N) is 1. The van der Waals surface area contributed by atoms with Crippen LogP contribution in [0.15, 0.2) is 89.7 Å². The van der Waals surface area contributed by atoms with Gasteiger partial charge in [0, 0.05) is 22.2 Å². The van der Waals surface area contributed by atoms with E-state index in [1.54, 1.807) is 36.6 Å². The van der Waals surface area contributed by atoms with Crippen molar-refractivity contribution < 1.29 is 9.59 Å². The minimum atomic E-state index is -0.562. The van der Waals surface area contributed by atoms with E-state index in [-0.39, 0.29) is 11.3 Å². The van der Waals surface area contributed by atoms with E-state index >= 15 is 0 Å². The lowest BCUT2D eigenvalue weighted by molar-refractivity contribution is -0.117. The van der Waals surface area contributed by atoms with Gasteiger partial charge in [-0.25, -0.2) is 5.43 Å². The number of carbonyl (C=O) groups excluding carboxylic acids is 2. The van der Waals surface area contributed by atoms with Crippen LogP contribution in [0.2, 0.25) is 5.02 Å². The predicted molar refractivity (Wildman–Crippen MR) is 132 cm³/mol. The number of aromatic nitrogens is 1. The van der Waals surface area contributed by atoms with E-state index in [9.17, 15) is 9.59 Å². The summed E-state index contributed by atoms with van der Waals surface area (Å²) in [5.74, 6) is -1.05. The molecule has 3 aromatic carbocycles. The van der Waals surface area contributed by atoms with E-state index in [1.165, 1.54) is 0 Å². The van der Waals surface area contributed by atoms with E-state index in [4.69, 9.17) is 11.6 Å². The van der Waals surface area contributed by atoms with E-state index in [2.05, 4.69) is 20.8 Å². The highest BCUT2D eigenvalue weighted by atomic mass is 35.5. The molecule has 4 aromatic rings.